The van der Waals surface area contributed by atoms with Gasteiger partial charge in [-0.1, -0.05) is 18.2 Å². The van der Waals surface area contributed by atoms with Crippen molar-refractivity contribution in [2.75, 3.05) is 5.32 Å². The van der Waals surface area contributed by atoms with E-state index < -0.39 is 11.6 Å². The average Bonchev–Trinajstić information content (AvgIpc) is 3.20. The SMILES string of the molecule is O=C(Nc1nc(-c2ccc(F)c(F)c2)cs1)c1ccc(Oc2ccccc2)cc1. The van der Waals surface area contributed by atoms with Gasteiger partial charge in [0.05, 0.1) is 5.69 Å². The summed E-state index contributed by atoms with van der Waals surface area (Å²) in [5.41, 5.74) is 1.33. The van der Waals surface area contributed by atoms with Gasteiger partial charge in [0, 0.05) is 16.5 Å². The van der Waals surface area contributed by atoms with Crippen LogP contribution in [0.4, 0.5) is 13.9 Å². The zero-order valence-corrected chi connectivity index (χ0v) is 15.7. The third-order valence-electron chi connectivity index (χ3n) is 4.04. The van der Waals surface area contributed by atoms with Gasteiger partial charge in [-0.2, -0.15) is 0 Å². The highest BCUT2D eigenvalue weighted by Crippen LogP contribution is 2.27. The third-order valence-corrected chi connectivity index (χ3v) is 4.79. The number of thiazole rings is 1. The zero-order valence-electron chi connectivity index (χ0n) is 14.9. The maximum absolute atomic E-state index is 13.4. The number of carbonyl (C=O) groups excluding carboxylic acids is 1. The van der Waals surface area contributed by atoms with Crippen molar-refractivity contribution in [1.29, 1.82) is 0 Å². The number of carbonyl (C=O) groups is 1. The molecular formula is C22H14F2N2O2S. The fourth-order valence-electron chi connectivity index (χ4n) is 2.59. The molecule has 0 spiro atoms. The number of nitrogens with one attached hydrogen (secondary N) is 1. The van der Waals surface area contributed by atoms with Crippen molar-refractivity contribution in [3.05, 3.63) is 95.4 Å². The summed E-state index contributed by atoms with van der Waals surface area (Å²) in [5.74, 6) is -0.876. The van der Waals surface area contributed by atoms with E-state index in [2.05, 4.69) is 10.3 Å². The fraction of sp³-hybridized carbons (Fsp3) is 0. The van der Waals surface area contributed by atoms with Gasteiger partial charge in [0.15, 0.2) is 16.8 Å². The van der Waals surface area contributed by atoms with Crippen LogP contribution in [0.25, 0.3) is 11.3 Å². The molecule has 0 saturated carbocycles. The number of anilines is 1. The molecule has 1 heterocycles. The van der Waals surface area contributed by atoms with Crippen LogP contribution in [0.2, 0.25) is 0 Å². The molecule has 4 aromatic rings. The predicted molar refractivity (Wildman–Crippen MR) is 108 cm³/mol. The monoisotopic (exact) mass is 408 g/mol. The molecule has 3 aromatic carbocycles. The lowest BCUT2D eigenvalue weighted by atomic mass is 10.2. The standard InChI is InChI=1S/C22H14F2N2O2S/c23-18-11-8-15(12-19(18)24)20-13-29-22(25-20)26-21(27)14-6-9-17(10-7-14)28-16-4-2-1-3-5-16/h1-13H,(H,25,26,27). The molecule has 1 amide bonds. The lowest BCUT2D eigenvalue weighted by Gasteiger charge is -2.06. The fourth-order valence-corrected chi connectivity index (χ4v) is 3.30. The van der Waals surface area contributed by atoms with Gasteiger partial charge in [0.25, 0.3) is 5.91 Å². The molecule has 0 radical (unpaired) electrons. The highest BCUT2D eigenvalue weighted by Gasteiger charge is 2.12. The molecule has 4 rings (SSSR count). The molecule has 4 nitrogen and oxygen atoms in total. The minimum Gasteiger partial charge on any atom is -0.457 e. The van der Waals surface area contributed by atoms with Crippen molar-refractivity contribution in [3.63, 3.8) is 0 Å². The largest absolute Gasteiger partial charge is 0.457 e. The molecule has 0 bridgehead atoms. The molecule has 1 aromatic heterocycles. The van der Waals surface area contributed by atoms with Crippen LogP contribution in [0.3, 0.4) is 0 Å². The number of para-hydroxylation sites is 1. The number of nitrogens with zero attached hydrogens (tertiary/aromatic N) is 1. The van der Waals surface area contributed by atoms with Crippen molar-refractivity contribution in [3.8, 4) is 22.8 Å². The number of amides is 1. The summed E-state index contributed by atoms with van der Waals surface area (Å²) < 4.78 is 32.2. The van der Waals surface area contributed by atoms with Crippen LogP contribution in [-0.4, -0.2) is 10.9 Å². The zero-order chi connectivity index (χ0) is 20.2. The van der Waals surface area contributed by atoms with Crippen LogP contribution in [0.5, 0.6) is 11.5 Å². The van der Waals surface area contributed by atoms with Crippen LogP contribution in [0.1, 0.15) is 10.4 Å². The Hall–Kier alpha value is -3.58. The third kappa shape index (κ3) is 4.47. The van der Waals surface area contributed by atoms with Crippen LogP contribution in [-0.2, 0) is 0 Å². The molecule has 0 fully saturated rings. The lowest BCUT2D eigenvalue weighted by molar-refractivity contribution is 0.102. The summed E-state index contributed by atoms with van der Waals surface area (Å²) in [6.45, 7) is 0. The van der Waals surface area contributed by atoms with Gasteiger partial charge < -0.3 is 4.74 Å². The van der Waals surface area contributed by atoms with Crippen LogP contribution in [0, 0.1) is 11.6 Å². The molecule has 29 heavy (non-hydrogen) atoms. The van der Waals surface area contributed by atoms with E-state index in [0.29, 0.717) is 33.5 Å². The van der Waals surface area contributed by atoms with Crippen LogP contribution < -0.4 is 10.1 Å². The number of aromatic nitrogens is 1. The van der Waals surface area contributed by atoms with Gasteiger partial charge in [-0.15, -0.1) is 11.3 Å². The predicted octanol–water partition coefficient (Wildman–Crippen LogP) is 6.13. The normalized spacial score (nSPS) is 10.6. The Morgan fingerprint density at radius 2 is 1.62 bits per heavy atom. The molecule has 144 valence electrons. The Labute approximate surface area is 169 Å². The summed E-state index contributed by atoms with van der Waals surface area (Å²) in [5, 5.41) is 4.73. The van der Waals surface area contributed by atoms with E-state index in [-0.39, 0.29) is 5.91 Å². The van der Waals surface area contributed by atoms with E-state index in [9.17, 15) is 13.6 Å². The van der Waals surface area contributed by atoms with E-state index in [1.54, 1.807) is 29.6 Å². The first-order valence-corrected chi connectivity index (χ1v) is 9.52. The first-order valence-electron chi connectivity index (χ1n) is 8.64. The van der Waals surface area contributed by atoms with Crippen molar-refractivity contribution >= 4 is 22.4 Å². The Kier molecular flexibility index (Phi) is 5.31. The molecule has 1 N–H and O–H groups in total. The molecule has 0 aliphatic heterocycles. The van der Waals surface area contributed by atoms with Gasteiger partial charge in [-0.25, -0.2) is 13.8 Å². The number of benzene rings is 3. The number of halogens is 2. The Morgan fingerprint density at radius 1 is 0.897 bits per heavy atom. The first kappa shape index (κ1) is 18.8. The second-order valence-electron chi connectivity index (χ2n) is 6.06. The number of hydrogen-bond acceptors (Lipinski definition) is 4. The average molecular weight is 408 g/mol. The Bertz CT molecular complexity index is 1150. The van der Waals surface area contributed by atoms with Crippen LogP contribution >= 0.6 is 11.3 Å². The van der Waals surface area contributed by atoms with Gasteiger partial charge in [0.2, 0.25) is 0 Å². The molecule has 0 atom stereocenters. The van der Waals surface area contributed by atoms with E-state index in [1.807, 2.05) is 30.3 Å². The van der Waals surface area contributed by atoms with Gasteiger partial charge >= 0.3 is 0 Å². The van der Waals surface area contributed by atoms with Gasteiger partial charge in [-0.3, -0.25) is 10.1 Å². The maximum atomic E-state index is 13.4. The smallest absolute Gasteiger partial charge is 0.257 e. The van der Waals surface area contributed by atoms with Crippen molar-refractivity contribution in [2.45, 2.75) is 0 Å². The van der Waals surface area contributed by atoms with Crippen molar-refractivity contribution in [1.82, 2.24) is 4.98 Å². The first-order chi connectivity index (χ1) is 14.1. The highest BCUT2D eigenvalue weighted by molar-refractivity contribution is 7.14. The van der Waals surface area contributed by atoms with Gasteiger partial charge in [0.1, 0.15) is 11.5 Å². The van der Waals surface area contributed by atoms with E-state index in [4.69, 9.17) is 4.74 Å². The minimum absolute atomic E-state index is 0.331. The lowest BCUT2D eigenvalue weighted by Crippen LogP contribution is -2.11. The number of ether oxygens (including phenoxy) is 1. The molecule has 7 heteroatoms. The molecule has 0 saturated heterocycles. The van der Waals surface area contributed by atoms with E-state index in [0.717, 1.165) is 12.1 Å². The molecule has 0 aliphatic carbocycles. The Balaban J connectivity index is 1.43. The van der Waals surface area contributed by atoms with E-state index in [1.165, 1.54) is 17.4 Å². The van der Waals surface area contributed by atoms with Crippen LogP contribution in [0.15, 0.2) is 78.2 Å². The second-order valence-corrected chi connectivity index (χ2v) is 6.92. The summed E-state index contributed by atoms with van der Waals surface area (Å²) in [6.07, 6.45) is 0. The maximum Gasteiger partial charge on any atom is 0.257 e. The Morgan fingerprint density at radius 3 is 2.34 bits per heavy atom. The second kappa shape index (κ2) is 8.20. The molecular weight excluding hydrogens is 394 g/mol. The van der Waals surface area contributed by atoms with E-state index >= 15 is 0 Å². The number of hydrogen-bond donors (Lipinski definition) is 1. The summed E-state index contributed by atoms with van der Waals surface area (Å²) in [4.78, 5) is 16.7. The number of rotatable bonds is 5. The van der Waals surface area contributed by atoms with Gasteiger partial charge in [-0.05, 0) is 54.6 Å². The summed E-state index contributed by atoms with van der Waals surface area (Å²) in [7, 11) is 0. The molecule has 0 unspecified atom stereocenters. The topological polar surface area (TPSA) is 51.2 Å². The van der Waals surface area contributed by atoms with Crippen molar-refractivity contribution in [2.24, 2.45) is 0 Å². The minimum atomic E-state index is -0.945. The highest BCUT2D eigenvalue weighted by atomic mass is 32.1. The quantitative estimate of drug-likeness (QED) is 0.432. The summed E-state index contributed by atoms with van der Waals surface area (Å²) in [6, 6.07) is 19.6. The summed E-state index contributed by atoms with van der Waals surface area (Å²) >= 11 is 1.20. The van der Waals surface area contributed by atoms with Crippen molar-refractivity contribution < 1.29 is 18.3 Å². The molecule has 0 aliphatic rings.